The molecule has 9 heteroatoms. The number of amides is 1. The summed E-state index contributed by atoms with van der Waals surface area (Å²) in [7, 11) is 0. The number of hydrogen-bond donors (Lipinski definition) is 3. The summed E-state index contributed by atoms with van der Waals surface area (Å²) in [5.41, 5.74) is 8.71. The molecule has 1 amide bonds. The third-order valence-electron chi connectivity index (χ3n) is 2.46. The van der Waals surface area contributed by atoms with Gasteiger partial charge < -0.3 is 5.73 Å². The highest BCUT2D eigenvalue weighted by Gasteiger charge is 2.08. The predicted octanol–water partition coefficient (Wildman–Crippen LogP) is 0.909. The molecule has 0 radical (unpaired) electrons. The second-order valence-electron chi connectivity index (χ2n) is 3.87. The van der Waals surface area contributed by atoms with Gasteiger partial charge >= 0.3 is 0 Å². The molecule has 0 bridgehead atoms. The molecule has 2 rings (SSSR count). The van der Waals surface area contributed by atoms with E-state index in [2.05, 4.69) is 10.3 Å². The molecule has 1 aromatic carbocycles. The van der Waals surface area contributed by atoms with Gasteiger partial charge in [-0.25, -0.2) is 5.84 Å². The number of thioether (sulfide) groups is 1. The lowest BCUT2D eigenvalue weighted by Crippen LogP contribution is -2.30. The molecule has 1 aromatic heterocycles. The summed E-state index contributed by atoms with van der Waals surface area (Å²) in [4.78, 5) is 12.1. The highest BCUT2D eigenvalue weighted by atomic mass is 35.5. The van der Waals surface area contributed by atoms with Gasteiger partial charge in [-0.1, -0.05) is 16.8 Å². The van der Waals surface area contributed by atoms with Crippen molar-refractivity contribution < 1.29 is 4.79 Å². The number of nitrogen functional groups attached to an aromatic ring is 2. The normalized spacial score (nSPS) is 10.5. The fourth-order valence-electron chi connectivity index (χ4n) is 1.47. The smallest absolute Gasteiger partial charge is 0.287 e. The molecule has 7 nitrogen and oxygen atoms in total. The molecule has 0 unspecified atom stereocenters. The van der Waals surface area contributed by atoms with Crippen LogP contribution in [0.15, 0.2) is 29.3 Å². The Balaban J connectivity index is 1.91. The van der Waals surface area contributed by atoms with E-state index >= 15 is 0 Å². The van der Waals surface area contributed by atoms with Gasteiger partial charge in [0.2, 0.25) is 0 Å². The van der Waals surface area contributed by atoms with E-state index in [0.717, 1.165) is 10.6 Å². The number of rotatable bonds is 5. The first-order chi connectivity index (χ1) is 9.60. The fraction of sp³-hybridized carbons (Fsp3) is 0.182. The minimum Gasteiger partial charge on any atom is -0.398 e. The van der Waals surface area contributed by atoms with Crippen molar-refractivity contribution in [3.05, 3.63) is 35.1 Å². The van der Waals surface area contributed by atoms with Gasteiger partial charge in [0, 0.05) is 21.4 Å². The Morgan fingerprint density at radius 1 is 1.50 bits per heavy atom. The molecule has 0 fully saturated rings. The lowest BCUT2D eigenvalue weighted by Gasteiger charge is -2.05. The number of hydrazine groups is 1. The highest BCUT2D eigenvalue weighted by molar-refractivity contribution is 7.99. The summed E-state index contributed by atoms with van der Waals surface area (Å²) < 4.78 is 1.57. The van der Waals surface area contributed by atoms with Crippen LogP contribution in [0.3, 0.4) is 0 Å². The van der Waals surface area contributed by atoms with Gasteiger partial charge in [-0.05, 0) is 18.2 Å². The second kappa shape index (κ2) is 6.60. The van der Waals surface area contributed by atoms with E-state index in [0.29, 0.717) is 17.3 Å². The maximum atomic E-state index is 11.2. The predicted molar refractivity (Wildman–Crippen MR) is 78.3 cm³/mol. The number of halogens is 1. The van der Waals surface area contributed by atoms with Gasteiger partial charge in [0.25, 0.3) is 5.91 Å². The van der Waals surface area contributed by atoms with Crippen molar-refractivity contribution in [1.29, 1.82) is 0 Å². The number of carbonyl (C=O) groups excluding carboxylic acids is 1. The maximum Gasteiger partial charge on any atom is 0.287 e. The first-order valence-corrected chi connectivity index (χ1v) is 7.05. The molecule has 0 spiro atoms. The molecule has 0 aliphatic heterocycles. The first kappa shape index (κ1) is 14.6. The average molecular weight is 313 g/mol. The number of anilines is 1. The molecule has 20 heavy (non-hydrogen) atoms. The van der Waals surface area contributed by atoms with Crippen LogP contribution in [-0.4, -0.2) is 26.7 Å². The van der Waals surface area contributed by atoms with Gasteiger partial charge in [-0.15, -0.1) is 16.9 Å². The van der Waals surface area contributed by atoms with E-state index in [-0.39, 0.29) is 5.69 Å². The Kier molecular flexibility index (Phi) is 4.83. The number of hydrogen-bond acceptors (Lipinski definition) is 6. The summed E-state index contributed by atoms with van der Waals surface area (Å²) in [5, 5.41) is 8.19. The van der Waals surface area contributed by atoms with Crippen LogP contribution in [0.5, 0.6) is 0 Å². The molecule has 0 aliphatic rings. The number of nitrogens with one attached hydrogen (secondary N) is 1. The largest absolute Gasteiger partial charge is 0.398 e. The lowest BCUT2D eigenvalue weighted by atomic mass is 10.3. The minimum absolute atomic E-state index is 0.180. The molecular formula is C11H13ClN6OS. The van der Waals surface area contributed by atoms with Gasteiger partial charge in [-0.2, -0.15) is 0 Å². The standard InChI is InChI=1S/C11H13ClN6OS/c12-7-1-2-8(13)10(5-7)20-4-3-18-6-9(16-17-18)11(19)15-14/h1-2,5-6H,3-4,13-14H2,(H,15,19). The molecule has 0 saturated heterocycles. The zero-order chi connectivity index (χ0) is 14.5. The van der Waals surface area contributed by atoms with Crippen LogP contribution in [0, 0.1) is 0 Å². The van der Waals surface area contributed by atoms with Crippen LogP contribution in [0.2, 0.25) is 5.02 Å². The number of aryl methyl sites for hydroxylation is 1. The second-order valence-corrected chi connectivity index (χ2v) is 5.44. The Morgan fingerprint density at radius 2 is 2.30 bits per heavy atom. The average Bonchev–Trinajstić information content (AvgIpc) is 2.90. The molecular weight excluding hydrogens is 300 g/mol. The van der Waals surface area contributed by atoms with Gasteiger partial charge in [0.15, 0.2) is 5.69 Å². The Morgan fingerprint density at radius 3 is 3.05 bits per heavy atom. The number of nitrogens with two attached hydrogens (primary N) is 2. The summed E-state index contributed by atoms with van der Waals surface area (Å²) in [6.07, 6.45) is 1.53. The number of benzene rings is 1. The number of aromatic nitrogens is 3. The van der Waals surface area contributed by atoms with Crippen LogP contribution >= 0.6 is 23.4 Å². The zero-order valence-electron chi connectivity index (χ0n) is 10.4. The summed E-state index contributed by atoms with van der Waals surface area (Å²) >= 11 is 7.47. The van der Waals surface area contributed by atoms with E-state index in [1.165, 1.54) is 6.20 Å². The Labute approximate surface area is 124 Å². The highest BCUT2D eigenvalue weighted by Crippen LogP contribution is 2.27. The van der Waals surface area contributed by atoms with Crippen molar-refractivity contribution in [3.63, 3.8) is 0 Å². The van der Waals surface area contributed by atoms with Crippen molar-refractivity contribution in [2.24, 2.45) is 5.84 Å². The summed E-state index contributed by atoms with van der Waals surface area (Å²) in [5.74, 6) is 5.26. The molecule has 5 N–H and O–H groups in total. The van der Waals surface area contributed by atoms with E-state index < -0.39 is 5.91 Å². The first-order valence-electron chi connectivity index (χ1n) is 5.69. The number of carbonyl (C=O) groups is 1. The summed E-state index contributed by atoms with van der Waals surface area (Å²) in [6, 6.07) is 5.33. The minimum atomic E-state index is -0.469. The van der Waals surface area contributed by atoms with Crippen molar-refractivity contribution >= 4 is 35.0 Å². The molecule has 0 aliphatic carbocycles. The quantitative estimate of drug-likeness (QED) is 0.249. The van der Waals surface area contributed by atoms with Crippen LogP contribution in [-0.2, 0) is 6.54 Å². The summed E-state index contributed by atoms with van der Waals surface area (Å²) in [6.45, 7) is 0.585. The third-order valence-corrected chi connectivity index (χ3v) is 3.74. The van der Waals surface area contributed by atoms with E-state index in [9.17, 15) is 4.79 Å². The lowest BCUT2D eigenvalue weighted by molar-refractivity contribution is 0.0948. The zero-order valence-corrected chi connectivity index (χ0v) is 12.0. The topological polar surface area (TPSA) is 112 Å². The Hall–Kier alpha value is -1.77. The SMILES string of the molecule is NNC(=O)c1cn(CCSc2cc(Cl)ccc2N)nn1. The van der Waals surface area contributed by atoms with E-state index in [1.807, 2.05) is 11.5 Å². The molecule has 106 valence electrons. The van der Waals surface area contributed by atoms with Gasteiger partial charge in [0.05, 0.1) is 12.7 Å². The monoisotopic (exact) mass is 312 g/mol. The van der Waals surface area contributed by atoms with Crippen molar-refractivity contribution in [1.82, 2.24) is 20.4 Å². The third kappa shape index (κ3) is 3.62. The fourth-order valence-corrected chi connectivity index (χ4v) is 2.65. The molecule has 2 aromatic rings. The van der Waals surface area contributed by atoms with Crippen LogP contribution in [0.1, 0.15) is 10.5 Å². The van der Waals surface area contributed by atoms with Gasteiger partial charge in [-0.3, -0.25) is 14.9 Å². The van der Waals surface area contributed by atoms with Gasteiger partial charge in [0.1, 0.15) is 0 Å². The van der Waals surface area contributed by atoms with E-state index in [1.54, 1.807) is 28.6 Å². The van der Waals surface area contributed by atoms with Crippen molar-refractivity contribution in [2.75, 3.05) is 11.5 Å². The molecule has 0 atom stereocenters. The van der Waals surface area contributed by atoms with Crippen molar-refractivity contribution in [3.8, 4) is 0 Å². The van der Waals surface area contributed by atoms with E-state index in [4.69, 9.17) is 23.2 Å². The Bertz CT molecular complexity index is 617. The molecule has 0 saturated carbocycles. The molecule has 1 heterocycles. The number of nitrogens with zero attached hydrogens (tertiary/aromatic N) is 3. The van der Waals surface area contributed by atoms with Crippen LogP contribution < -0.4 is 17.0 Å². The van der Waals surface area contributed by atoms with Crippen LogP contribution in [0.4, 0.5) is 5.69 Å². The van der Waals surface area contributed by atoms with Crippen LogP contribution in [0.25, 0.3) is 0 Å². The maximum absolute atomic E-state index is 11.2. The van der Waals surface area contributed by atoms with Crippen molar-refractivity contribution in [2.45, 2.75) is 11.4 Å².